The van der Waals surface area contributed by atoms with Crippen LogP contribution in [0.2, 0.25) is 0 Å². The molecule has 4 nitrogen and oxygen atoms in total. The molecule has 2 rings (SSSR count). The lowest BCUT2D eigenvalue weighted by molar-refractivity contribution is 0.244. The minimum Gasteiger partial charge on any atom is -0.493 e. The van der Waals surface area contributed by atoms with Crippen LogP contribution in [0.4, 0.5) is 5.69 Å². The number of nitrogens with two attached hydrogens (primary N) is 1. The molecular formula is C12H18N2O2. The number of nitrogens with one attached hydrogen (secondary N) is 1. The van der Waals surface area contributed by atoms with E-state index < -0.39 is 0 Å². The van der Waals surface area contributed by atoms with Crippen LogP contribution in [0.15, 0.2) is 18.2 Å². The summed E-state index contributed by atoms with van der Waals surface area (Å²) in [5.74, 6) is 1.46. The molecular weight excluding hydrogens is 204 g/mol. The number of rotatable bonds is 5. The fourth-order valence-electron chi connectivity index (χ4n) is 1.71. The maximum atomic E-state index is 5.67. The van der Waals surface area contributed by atoms with Crippen LogP contribution in [0.5, 0.6) is 11.5 Å². The Bertz CT molecular complexity index is 351. The topological polar surface area (TPSA) is 56.5 Å². The second-order valence-electron chi connectivity index (χ2n) is 3.99. The highest BCUT2D eigenvalue weighted by Crippen LogP contribution is 2.29. The predicted molar refractivity (Wildman–Crippen MR) is 63.9 cm³/mol. The molecule has 16 heavy (non-hydrogen) atoms. The third-order valence-corrected chi connectivity index (χ3v) is 2.84. The van der Waals surface area contributed by atoms with E-state index in [4.69, 9.17) is 15.2 Å². The molecule has 1 unspecified atom stereocenters. The van der Waals surface area contributed by atoms with Gasteiger partial charge in [-0.1, -0.05) is 0 Å². The van der Waals surface area contributed by atoms with Gasteiger partial charge in [-0.25, -0.2) is 0 Å². The summed E-state index contributed by atoms with van der Waals surface area (Å²) in [4.78, 5) is 0. The van der Waals surface area contributed by atoms with E-state index in [1.165, 1.54) is 6.42 Å². The quantitative estimate of drug-likeness (QED) is 0.740. The van der Waals surface area contributed by atoms with E-state index in [0.29, 0.717) is 24.1 Å². The van der Waals surface area contributed by atoms with Crippen molar-refractivity contribution in [3.05, 3.63) is 18.2 Å². The van der Waals surface area contributed by atoms with Crippen LogP contribution in [0.25, 0.3) is 0 Å². The summed E-state index contributed by atoms with van der Waals surface area (Å²) in [7, 11) is 1.62. The van der Waals surface area contributed by atoms with Gasteiger partial charge in [-0.05, 0) is 31.5 Å². The standard InChI is InChI=1S/C12H18N2O2/c1-15-12-8-9(13)2-3-11(12)16-7-5-10-4-6-14-10/h2-3,8,10,14H,4-7,13H2,1H3. The molecule has 1 atom stereocenters. The summed E-state index contributed by atoms with van der Waals surface area (Å²) in [6.45, 7) is 1.84. The molecule has 0 amide bonds. The molecule has 0 spiro atoms. The largest absolute Gasteiger partial charge is 0.493 e. The van der Waals surface area contributed by atoms with Crippen molar-refractivity contribution in [3.8, 4) is 11.5 Å². The third kappa shape index (κ3) is 2.58. The SMILES string of the molecule is COc1cc(N)ccc1OCCC1CCN1. The molecule has 0 saturated carbocycles. The first-order chi connectivity index (χ1) is 7.79. The van der Waals surface area contributed by atoms with Gasteiger partial charge in [0.25, 0.3) is 0 Å². The van der Waals surface area contributed by atoms with E-state index in [1.807, 2.05) is 12.1 Å². The summed E-state index contributed by atoms with van der Waals surface area (Å²) >= 11 is 0. The molecule has 1 aromatic rings. The Morgan fingerprint density at radius 1 is 1.44 bits per heavy atom. The molecule has 0 bridgehead atoms. The van der Waals surface area contributed by atoms with Crippen molar-refractivity contribution in [2.75, 3.05) is 26.0 Å². The summed E-state index contributed by atoms with van der Waals surface area (Å²) in [6.07, 6.45) is 2.29. The Balaban J connectivity index is 1.87. The van der Waals surface area contributed by atoms with Crippen LogP contribution in [0.3, 0.4) is 0 Å². The third-order valence-electron chi connectivity index (χ3n) is 2.84. The number of nitrogen functional groups attached to an aromatic ring is 1. The van der Waals surface area contributed by atoms with E-state index in [2.05, 4.69) is 5.32 Å². The predicted octanol–water partition coefficient (Wildman–Crippen LogP) is 1.41. The number of methoxy groups -OCH3 is 1. The van der Waals surface area contributed by atoms with E-state index in [1.54, 1.807) is 13.2 Å². The average Bonchev–Trinajstić information content (AvgIpc) is 2.23. The van der Waals surface area contributed by atoms with Gasteiger partial charge in [0.15, 0.2) is 11.5 Å². The highest BCUT2D eigenvalue weighted by atomic mass is 16.5. The van der Waals surface area contributed by atoms with Crippen LogP contribution in [0.1, 0.15) is 12.8 Å². The molecule has 88 valence electrons. The monoisotopic (exact) mass is 222 g/mol. The summed E-state index contributed by atoms with van der Waals surface area (Å²) < 4.78 is 10.9. The molecule has 1 saturated heterocycles. The van der Waals surface area contributed by atoms with Crippen LogP contribution in [-0.4, -0.2) is 26.3 Å². The molecule has 3 N–H and O–H groups in total. The minimum absolute atomic E-state index is 0.625. The molecule has 1 heterocycles. The van der Waals surface area contributed by atoms with E-state index in [0.717, 1.165) is 18.7 Å². The van der Waals surface area contributed by atoms with Crippen molar-refractivity contribution in [3.63, 3.8) is 0 Å². The van der Waals surface area contributed by atoms with Crippen molar-refractivity contribution in [2.45, 2.75) is 18.9 Å². The second-order valence-corrected chi connectivity index (χ2v) is 3.99. The first-order valence-corrected chi connectivity index (χ1v) is 5.59. The molecule has 4 heteroatoms. The molecule has 0 aromatic heterocycles. The van der Waals surface area contributed by atoms with Crippen molar-refractivity contribution >= 4 is 5.69 Å². The molecule has 1 fully saturated rings. The number of hydrogen-bond donors (Lipinski definition) is 2. The second kappa shape index (κ2) is 5.07. The van der Waals surface area contributed by atoms with Gasteiger partial charge < -0.3 is 20.5 Å². The fraction of sp³-hybridized carbons (Fsp3) is 0.500. The Labute approximate surface area is 95.7 Å². The van der Waals surface area contributed by atoms with Gasteiger partial charge in [0.05, 0.1) is 13.7 Å². The highest BCUT2D eigenvalue weighted by Gasteiger charge is 2.16. The Morgan fingerprint density at radius 2 is 2.25 bits per heavy atom. The van der Waals surface area contributed by atoms with Crippen molar-refractivity contribution in [1.82, 2.24) is 5.32 Å². The summed E-state index contributed by atoms with van der Waals surface area (Å²) in [6, 6.07) is 6.07. The molecule has 1 aliphatic rings. The van der Waals surface area contributed by atoms with Gasteiger partial charge in [0.2, 0.25) is 0 Å². The lowest BCUT2D eigenvalue weighted by atomic mass is 10.0. The number of benzene rings is 1. The van der Waals surface area contributed by atoms with Gasteiger partial charge in [0.1, 0.15) is 0 Å². The van der Waals surface area contributed by atoms with Gasteiger partial charge in [-0.15, -0.1) is 0 Å². The smallest absolute Gasteiger partial charge is 0.162 e. The first kappa shape index (κ1) is 11.1. The number of hydrogen-bond acceptors (Lipinski definition) is 4. The normalized spacial score (nSPS) is 18.9. The maximum Gasteiger partial charge on any atom is 0.162 e. The van der Waals surface area contributed by atoms with E-state index in [9.17, 15) is 0 Å². The zero-order chi connectivity index (χ0) is 11.4. The Kier molecular flexibility index (Phi) is 3.51. The van der Waals surface area contributed by atoms with Gasteiger partial charge >= 0.3 is 0 Å². The summed E-state index contributed by atoms with van der Waals surface area (Å²) in [5.41, 5.74) is 6.35. The minimum atomic E-state index is 0.625. The van der Waals surface area contributed by atoms with Crippen molar-refractivity contribution in [1.29, 1.82) is 0 Å². The lowest BCUT2D eigenvalue weighted by Crippen LogP contribution is -2.43. The van der Waals surface area contributed by atoms with Crippen LogP contribution < -0.4 is 20.5 Å². The Hall–Kier alpha value is -1.42. The van der Waals surface area contributed by atoms with E-state index >= 15 is 0 Å². The van der Waals surface area contributed by atoms with Crippen LogP contribution in [0, 0.1) is 0 Å². The molecule has 0 radical (unpaired) electrons. The zero-order valence-electron chi connectivity index (χ0n) is 9.53. The number of anilines is 1. The average molecular weight is 222 g/mol. The van der Waals surface area contributed by atoms with Gasteiger partial charge in [-0.3, -0.25) is 0 Å². The van der Waals surface area contributed by atoms with E-state index in [-0.39, 0.29) is 0 Å². The molecule has 1 aromatic carbocycles. The van der Waals surface area contributed by atoms with Gasteiger partial charge in [-0.2, -0.15) is 0 Å². The number of ether oxygens (including phenoxy) is 2. The zero-order valence-corrected chi connectivity index (χ0v) is 9.53. The Morgan fingerprint density at radius 3 is 2.88 bits per heavy atom. The van der Waals surface area contributed by atoms with Crippen LogP contribution in [-0.2, 0) is 0 Å². The van der Waals surface area contributed by atoms with Gasteiger partial charge in [0, 0.05) is 17.8 Å². The fourth-order valence-corrected chi connectivity index (χ4v) is 1.71. The molecule has 1 aliphatic heterocycles. The highest BCUT2D eigenvalue weighted by molar-refractivity contribution is 5.51. The maximum absolute atomic E-state index is 5.67. The van der Waals surface area contributed by atoms with Crippen molar-refractivity contribution in [2.24, 2.45) is 0 Å². The van der Waals surface area contributed by atoms with Crippen LogP contribution >= 0.6 is 0 Å². The van der Waals surface area contributed by atoms with Crippen molar-refractivity contribution < 1.29 is 9.47 Å². The first-order valence-electron chi connectivity index (χ1n) is 5.59. The summed E-state index contributed by atoms with van der Waals surface area (Å²) in [5, 5.41) is 3.34. The molecule has 0 aliphatic carbocycles. The lowest BCUT2D eigenvalue weighted by Gasteiger charge is -2.27.